The van der Waals surface area contributed by atoms with Crippen LogP contribution < -0.4 is 20.1 Å². The van der Waals surface area contributed by atoms with Gasteiger partial charge in [-0.2, -0.15) is 4.31 Å². The van der Waals surface area contributed by atoms with Gasteiger partial charge in [0, 0.05) is 12.6 Å². The Morgan fingerprint density at radius 3 is 2.55 bits per heavy atom. The normalized spacial score (nSPS) is 16.6. The summed E-state index contributed by atoms with van der Waals surface area (Å²) in [5.41, 5.74) is 0. The number of hydrogen-bond acceptors (Lipinski definition) is 8. The minimum Gasteiger partial charge on any atom is -0.493 e. The van der Waals surface area contributed by atoms with Crippen LogP contribution in [0.5, 0.6) is 11.5 Å². The van der Waals surface area contributed by atoms with Crippen molar-refractivity contribution in [2.75, 3.05) is 33.9 Å². The molecule has 1 aliphatic heterocycles. The first-order valence-corrected chi connectivity index (χ1v) is 10.7. The van der Waals surface area contributed by atoms with Crippen molar-refractivity contribution in [3.05, 3.63) is 42.4 Å². The molecule has 1 aromatic heterocycles. The molecule has 11 nitrogen and oxygen atoms in total. The fraction of sp³-hybridized carbons (Fsp3) is 0.368. The molecule has 2 N–H and O–H groups in total. The van der Waals surface area contributed by atoms with Crippen LogP contribution in [0.3, 0.4) is 0 Å². The minimum atomic E-state index is -3.94. The van der Waals surface area contributed by atoms with E-state index >= 15 is 0 Å². The second kappa shape index (κ2) is 9.81. The third-order valence-electron chi connectivity index (χ3n) is 4.55. The van der Waals surface area contributed by atoms with Crippen LogP contribution in [-0.4, -0.2) is 64.7 Å². The summed E-state index contributed by atoms with van der Waals surface area (Å²) in [6, 6.07) is 7.55. The van der Waals surface area contributed by atoms with Gasteiger partial charge in [-0.25, -0.2) is 8.42 Å². The molecule has 0 radical (unpaired) electrons. The maximum Gasteiger partial charge on any atom is 0.309 e. The van der Waals surface area contributed by atoms with E-state index < -0.39 is 28.1 Å². The summed E-state index contributed by atoms with van der Waals surface area (Å²) >= 11 is 0. The van der Waals surface area contributed by atoms with Crippen molar-refractivity contribution in [3.8, 4) is 11.5 Å². The summed E-state index contributed by atoms with van der Waals surface area (Å²) in [5, 5.41) is 4.80. The van der Waals surface area contributed by atoms with Crippen LogP contribution in [-0.2, 0) is 30.9 Å². The monoisotopic (exact) mass is 453 g/mol. The minimum absolute atomic E-state index is 0.0110. The first-order chi connectivity index (χ1) is 14.9. The highest BCUT2D eigenvalue weighted by Gasteiger charge is 2.37. The summed E-state index contributed by atoms with van der Waals surface area (Å²) in [6.07, 6.45) is 0.492. The fourth-order valence-electron chi connectivity index (χ4n) is 2.98. The summed E-state index contributed by atoms with van der Waals surface area (Å²) in [6.45, 7) is 0.109. The summed E-state index contributed by atoms with van der Waals surface area (Å²) in [4.78, 5) is 23.9. The van der Waals surface area contributed by atoms with Gasteiger partial charge in [0.05, 0.1) is 45.1 Å². The second-order valence-corrected chi connectivity index (χ2v) is 8.32. The molecule has 1 aromatic carbocycles. The lowest BCUT2D eigenvalue weighted by Gasteiger charge is -2.23. The molecule has 168 valence electrons. The molecule has 1 atom stereocenters. The maximum absolute atomic E-state index is 13.1. The Kier molecular flexibility index (Phi) is 7.15. The van der Waals surface area contributed by atoms with Gasteiger partial charge in [-0.1, -0.05) is 0 Å². The van der Waals surface area contributed by atoms with Gasteiger partial charge in [-0.3, -0.25) is 9.59 Å². The third kappa shape index (κ3) is 5.16. The fourth-order valence-corrected chi connectivity index (χ4v) is 4.50. The Balaban J connectivity index is 1.62. The molecule has 0 unspecified atom stereocenters. The zero-order valence-electron chi connectivity index (χ0n) is 17.0. The van der Waals surface area contributed by atoms with E-state index in [-0.39, 0.29) is 36.9 Å². The van der Waals surface area contributed by atoms with Crippen molar-refractivity contribution >= 4 is 21.8 Å². The Morgan fingerprint density at radius 2 is 1.87 bits per heavy atom. The Labute approximate surface area is 179 Å². The van der Waals surface area contributed by atoms with Gasteiger partial charge < -0.3 is 29.3 Å². The van der Waals surface area contributed by atoms with Crippen molar-refractivity contribution < 1.29 is 36.6 Å². The summed E-state index contributed by atoms with van der Waals surface area (Å²) in [5.74, 6) is -0.632. The third-order valence-corrected chi connectivity index (χ3v) is 6.44. The van der Waals surface area contributed by atoms with Crippen molar-refractivity contribution in [2.24, 2.45) is 0 Å². The number of nitrogens with zero attached hydrogens (tertiary/aromatic N) is 1. The SMILES string of the molecule is COc1ccc(S(=O)(=O)N2CCO[C@@H]2CNC(=O)C(=O)NCc2ccco2)cc1OC. The van der Waals surface area contributed by atoms with Gasteiger partial charge in [0.15, 0.2) is 11.5 Å². The van der Waals surface area contributed by atoms with E-state index in [2.05, 4.69) is 10.6 Å². The van der Waals surface area contributed by atoms with Gasteiger partial charge in [0.1, 0.15) is 12.0 Å². The molecule has 0 spiro atoms. The molecule has 1 fully saturated rings. The van der Waals surface area contributed by atoms with Gasteiger partial charge in [0.25, 0.3) is 0 Å². The van der Waals surface area contributed by atoms with E-state index in [0.29, 0.717) is 11.5 Å². The molecule has 2 aromatic rings. The van der Waals surface area contributed by atoms with Crippen LogP contribution >= 0.6 is 0 Å². The molecule has 0 aliphatic carbocycles. The molecule has 1 saturated heterocycles. The van der Waals surface area contributed by atoms with E-state index in [1.54, 1.807) is 12.1 Å². The number of hydrogen-bond donors (Lipinski definition) is 2. The lowest BCUT2D eigenvalue weighted by Crippen LogP contribution is -2.47. The van der Waals surface area contributed by atoms with E-state index in [9.17, 15) is 18.0 Å². The number of methoxy groups -OCH3 is 2. The number of carbonyl (C=O) groups excluding carboxylic acids is 2. The van der Waals surface area contributed by atoms with Crippen molar-refractivity contribution in [3.63, 3.8) is 0 Å². The number of amides is 2. The molecule has 2 amide bonds. The number of carbonyl (C=O) groups is 2. The Bertz CT molecular complexity index is 1020. The molecular formula is C19H23N3O8S. The molecule has 12 heteroatoms. The molecule has 3 rings (SSSR count). The number of furan rings is 1. The molecule has 2 heterocycles. The average molecular weight is 453 g/mol. The van der Waals surface area contributed by atoms with Crippen molar-refractivity contribution in [2.45, 2.75) is 17.7 Å². The Morgan fingerprint density at radius 1 is 1.13 bits per heavy atom. The average Bonchev–Trinajstić information content (AvgIpc) is 3.47. The first-order valence-electron chi connectivity index (χ1n) is 9.30. The van der Waals surface area contributed by atoms with E-state index in [0.717, 1.165) is 4.31 Å². The highest BCUT2D eigenvalue weighted by atomic mass is 32.2. The topological polar surface area (TPSA) is 136 Å². The largest absolute Gasteiger partial charge is 0.493 e. The van der Waals surface area contributed by atoms with Crippen LogP contribution in [0.4, 0.5) is 0 Å². The number of benzene rings is 1. The van der Waals surface area contributed by atoms with Gasteiger partial charge >= 0.3 is 11.8 Å². The lowest BCUT2D eigenvalue weighted by molar-refractivity contribution is -0.139. The lowest BCUT2D eigenvalue weighted by atomic mass is 10.3. The number of rotatable bonds is 8. The molecular weight excluding hydrogens is 430 g/mol. The van der Waals surface area contributed by atoms with E-state index in [1.165, 1.54) is 38.7 Å². The van der Waals surface area contributed by atoms with E-state index in [1.807, 2.05) is 0 Å². The van der Waals surface area contributed by atoms with Crippen LogP contribution in [0, 0.1) is 0 Å². The van der Waals surface area contributed by atoms with Crippen molar-refractivity contribution in [1.82, 2.24) is 14.9 Å². The van der Waals surface area contributed by atoms with Crippen molar-refractivity contribution in [1.29, 1.82) is 0 Å². The number of nitrogens with one attached hydrogen (secondary N) is 2. The quantitative estimate of drug-likeness (QED) is 0.536. The van der Waals surface area contributed by atoms with Crippen LogP contribution in [0.1, 0.15) is 5.76 Å². The highest BCUT2D eigenvalue weighted by molar-refractivity contribution is 7.89. The zero-order valence-corrected chi connectivity index (χ0v) is 17.8. The summed E-state index contributed by atoms with van der Waals surface area (Å²) in [7, 11) is -1.09. The molecule has 31 heavy (non-hydrogen) atoms. The van der Waals surface area contributed by atoms with Crippen LogP contribution in [0.25, 0.3) is 0 Å². The molecule has 1 aliphatic rings. The predicted octanol–water partition coefficient (Wildman–Crippen LogP) is 0.0764. The number of sulfonamides is 1. The van der Waals surface area contributed by atoms with Crippen LogP contribution in [0.2, 0.25) is 0 Å². The van der Waals surface area contributed by atoms with E-state index in [4.69, 9.17) is 18.6 Å². The summed E-state index contributed by atoms with van der Waals surface area (Å²) < 4.78 is 48.1. The van der Waals surface area contributed by atoms with Gasteiger partial charge in [0.2, 0.25) is 10.0 Å². The van der Waals surface area contributed by atoms with Gasteiger partial charge in [-0.05, 0) is 24.3 Å². The number of ether oxygens (including phenoxy) is 3. The van der Waals surface area contributed by atoms with Crippen LogP contribution in [0.15, 0.2) is 45.9 Å². The standard InChI is InChI=1S/C19H23N3O8S/c1-27-15-6-5-14(10-16(15)28-2)31(25,26)22-7-9-30-17(22)12-21-19(24)18(23)20-11-13-4-3-8-29-13/h3-6,8,10,17H,7,9,11-12H2,1-2H3,(H,20,23)(H,21,24)/t17-/m1/s1. The first kappa shape index (κ1) is 22.6. The Hall–Kier alpha value is -3.09. The highest BCUT2D eigenvalue weighted by Crippen LogP contribution is 2.31. The molecule has 0 saturated carbocycles. The smallest absolute Gasteiger partial charge is 0.309 e. The zero-order chi connectivity index (χ0) is 22.4. The molecule has 0 bridgehead atoms. The maximum atomic E-state index is 13.1. The van der Waals surface area contributed by atoms with Gasteiger partial charge in [-0.15, -0.1) is 0 Å². The second-order valence-electron chi connectivity index (χ2n) is 6.43. The predicted molar refractivity (Wildman–Crippen MR) is 107 cm³/mol.